The highest BCUT2D eigenvalue weighted by Gasteiger charge is 2.77. The van der Waals surface area contributed by atoms with Crippen molar-refractivity contribution < 1.29 is 48.3 Å². The fourth-order valence-corrected chi connectivity index (χ4v) is 7.84. The van der Waals surface area contributed by atoms with Gasteiger partial charge >= 0.3 is 17.9 Å². The molecular weight excluding hydrogens is 532 g/mol. The molecule has 2 N–H and O–H groups in total. The highest BCUT2D eigenvalue weighted by Crippen LogP contribution is 2.63. The number of epoxide rings is 2. The van der Waals surface area contributed by atoms with Gasteiger partial charge in [-0.05, 0) is 18.9 Å². The molecule has 3 saturated heterocycles. The minimum absolute atomic E-state index is 0.255. The normalized spacial score (nSPS) is 49.9. The zero-order chi connectivity index (χ0) is 28.6. The number of aliphatic hydroxyl groups excluding tert-OH is 1. The van der Waals surface area contributed by atoms with Gasteiger partial charge in [0.25, 0.3) is 0 Å². The third-order valence-electron chi connectivity index (χ3n) is 9.80. The van der Waals surface area contributed by atoms with E-state index in [1.807, 2.05) is 13.8 Å². The molecule has 1 unspecified atom stereocenters. The van der Waals surface area contributed by atoms with Crippen LogP contribution in [0.1, 0.15) is 60.3 Å². The predicted molar refractivity (Wildman–Crippen MR) is 136 cm³/mol. The number of aliphatic hydroxyl groups is 2. The Bertz CT molecular complexity index is 1050. The number of esters is 3. The van der Waals surface area contributed by atoms with Gasteiger partial charge in [0, 0.05) is 30.6 Å². The van der Waals surface area contributed by atoms with E-state index in [1.165, 1.54) is 13.8 Å². The molecule has 39 heavy (non-hydrogen) atoms. The Morgan fingerprint density at radius 1 is 1.13 bits per heavy atom. The molecule has 0 aromatic heterocycles. The number of carbonyl (C=O) groups excluding carboxylic acids is 3. The Morgan fingerprint density at radius 3 is 2.46 bits per heavy atom. The SMILES string of the molecule is C=C1[C@H]2O[C@H]2[C@H](O)[C@]2(C)C([C@@H](C)[C@H](OC(=O)CCCCC)[C@@H]3O[C@@H]32)[C@H](OC(C)=O)[C@]2(O)[C@@H](C)C(=O)O[C@H]2[C@H]1Cl. The first-order chi connectivity index (χ1) is 18.3. The van der Waals surface area contributed by atoms with Crippen molar-refractivity contribution >= 4 is 29.5 Å². The second-order valence-corrected chi connectivity index (χ2v) is 12.6. The lowest BCUT2D eigenvalue weighted by Crippen LogP contribution is -2.69. The van der Waals surface area contributed by atoms with E-state index in [-0.39, 0.29) is 12.4 Å². The van der Waals surface area contributed by atoms with Crippen molar-refractivity contribution in [2.24, 2.45) is 23.2 Å². The predicted octanol–water partition coefficient (Wildman–Crippen LogP) is 2.05. The summed E-state index contributed by atoms with van der Waals surface area (Å²) >= 11 is 6.77. The molecule has 2 saturated carbocycles. The Labute approximate surface area is 233 Å². The number of hydrogen-bond donors (Lipinski definition) is 2. The molecule has 11 heteroatoms. The van der Waals surface area contributed by atoms with Crippen LogP contribution in [0.3, 0.4) is 0 Å². The van der Waals surface area contributed by atoms with Gasteiger partial charge in [-0.15, -0.1) is 11.6 Å². The quantitative estimate of drug-likeness (QED) is 0.121. The summed E-state index contributed by atoms with van der Waals surface area (Å²) in [5.41, 5.74) is -2.86. The number of halogens is 1. The molecule has 14 atom stereocenters. The second-order valence-electron chi connectivity index (χ2n) is 12.1. The summed E-state index contributed by atoms with van der Waals surface area (Å²) in [6, 6.07) is 0. The molecule has 218 valence electrons. The molecule has 0 amide bonds. The van der Waals surface area contributed by atoms with Crippen molar-refractivity contribution in [1.82, 2.24) is 0 Å². The largest absolute Gasteiger partial charge is 0.459 e. The smallest absolute Gasteiger partial charge is 0.312 e. The molecule has 5 rings (SSSR count). The molecule has 5 aliphatic rings. The highest BCUT2D eigenvalue weighted by atomic mass is 35.5. The first kappa shape index (κ1) is 28.8. The fraction of sp³-hybridized carbons (Fsp3) is 0.821. The zero-order valence-electron chi connectivity index (χ0n) is 23.0. The van der Waals surface area contributed by atoms with Crippen molar-refractivity contribution in [1.29, 1.82) is 0 Å². The van der Waals surface area contributed by atoms with Crippen LogP contribution in [0.5, 0.6) is 0 Å². The van der Waals surface area contributed by atoms with Crippen molar-refractivity contribution in [3.63, 3.8) is 0 Å². The minimum Gasteiger partial charge on any atom is -0.459 e. The average Bonchev–Trinajstić information content (AvgIpc) is 3.80. The standard InChI is InChI=1S/C28H39ClO10/c1-7-8-9-10-15(31)36-18-11(2)16-23(35-14(5)30)28(34)13(4)26(33)39-24(28)17(29)12(3)19-20(37-19)22(32)27(16,6)25-21(18)38-25/h11,13,16-25,32,34H,3,7-10H2,1-2,4-6H3/t11-,13+,16?,17+,18+,19-,20-,21+,22+,23+,24+,25+,27+,28-/m1/s1. The average molecular weight is 571 g/mol. The molecule has 3 aliphatic heterocycles. The van der Waals surface area contributed by atoms with Gasteiger partial charge in [0.2, 0.25) is 0 Å². The Kier molecular flexibility index (Phi) is 7.37. The number of ether oxygens (including phenoxy) is 5. The van der Waals surface area contributed by atoms with Gasteiger partial charge in [0.05, 0.1) is 23.5 Å². The van der Waals surface area contributed by atoms with E-state index in [9.17, 15) is 24.6 Å². The molecule has 5 fully saturated rings. The summed E-state index contributed by atoms with van der Waals surface area (Å²) in [5, 5.41) is 23.1. The van der Waals surface area contributed by atoms with E-state index in [2.05, 4.69) is 6.58 Å². The molecule has 0 aromatic carbocycles. The maximum absolute atomic E-state index is 12.9. The van der Waals surface area contributed by atoms with E-state index in [0.29, 0.717) is 12.0 Å². The number of fused-ring (bicyclic) bond motifs is 5. The van der Waals surface area contributed by atoms with Gasteiger partial charge in [-0.2, -0.15) is 0 Å². The second kappa shape index (κ2) is 9.98. The van der Waals surface area contributed by atoms with Gasteiger partial charge in [-0.1, -0.05) is 40.2 Å². The first-order valence-corrected chi connectivity index (χ1v) is 14.3. The Morgan fingerprint density at radius 2 is 1.82 bits per heavy atom. The summed E-state index contributed by atoms with van der Waals surface area (Å²) in [7, 11) is 0. The van der Waals surface area contributed by atoms with Gasteiger partial charge in [0.15, 0.2) is 11.7 Å². The van der Waals surface area contributed by atoms with Crippen molar-refractivity contribution in [3.8, 4) is 0 Å². The lowest BCUT2D eigenvalue weighted by Gasteiger charge is -2.54. The van der Waals surface area contributed by atoms with Gasteiger partial charge < -0.3 is 33.9 Å². The molecule has 3 heterocycles. The van der Waals surface area contributed by atoms with Crippen molar-refractivity contribution in [2.45, 2.75) is 120 Å². The number of unbranched alkanes of at least 4 members (excludes halogenated alkanes) is 2. The molecular formula is C28H39ClO10. The highest BCUT2D eigenvalue weighted by molar-refractivity contribution is 6.23. The van der Waals surface area contributed by atoms with Gasteiger partial charge in [-0.3, -0.25) is 14.4 Å². The van der Waals surface area contributed by atoms with Crippen LogP contribution in [0.4, 0.5) is 0 Å². The fourth-order valence-electron chi connectivity index (χ4n) is 7.47. The molecule has 2 aliphatic carbocycles. The van der Waals surface area contributed by atoms with E-state index < -0.39 is 94.9 Å². The Hall–Kier alpha value is -1.72. The lowest BCUT2D eigenvalue weighted by atomic mass is 9.53. The number of alkyl halides is 1. The lowest BCUT2D eigenvalue weighted by molar-refractivity contribution is -0.223. The summed E-state index contributed by atoms with van der Waals surface area (Å²) < 4.78 is 29.4. The van der Waals surface area contributed by atoms with Crippen LogP contribution in [-0.2, 0) is 38.1 Å². The first-order valence-electron chi connectivity index (χ1n) is 13.9. The van der Waals surface area contributed by atoms with Crippen LogP contribution in [-0.4, -0.2) is 87.9 Å². The van der Waals surface area contributed by atoms with Crippen LogP contribution in [0.25, 0.3) is 0 Å². The molecule has 0 radical (unpaired) electrons. The van der Waals surface area contributed by atoms with E-state index in [4.69, 9.17) is 35.3 Å². The Balaban J connectivity index is 1.61. The summed E-state index contributed by atoms with van der Waals surface area (Å²) in [6.45, 7) is 12.4. The molecule has 10 nitrogen and oxygen atoms in total. The molecule has 0 spiro atoms. The summed E-state index contributed by atoms with van der Waals surface area (Å²) in [6.07, 6.45) is -4.07. The van der Waals surface area contributed by atoms with Crippen LogP contribution < -0.4 is 0 Å². The molecule has 0 bridgehead atoms. The molecule has 0 aromatic rings. The van der Waals surface area contributed by atoms with Crippen LogP contribution in [0, 0.1) is 23.2 Å². The minimum atomic E-state index is -2.09. The third-order valence-corrected chi connectivity index (χ3v) is 10.3. The van der Waals surface area contributed by atoms with Crippen molar-refractivity contribution in [3.05, 3.63) is 12.2 Å². The number of rotatable bonds is 6. The van der Waals surface area contributed by atoms with E-state index in [1.54, 1.807) is 6.92 Å². The van der Waals surface area contributed by atoms with Gasteiger partial charge in [-0.25, -0.2) is 0 Å². The topological polar surface area (TPSA) is 144 Å². The van der Waals surface area contributed by atoms with Gasteiger partial charge in [0.1, 0.15) is 30.5 Å². The summed E-state index contributed by atoms with van der Waals surface area (Å²) in [4.78, 5) is 38.3. The number of hydrogen-bond acceptors (Lipinski definition) is 10. The number of carbonyl (C=O) groups is 3. The monoisotopic (exact) mass is 570 g/mol. The van der Waals surface area contributed by atoms with Crippen molar-refractivity contribution in [2.75, 3.05) is 0 Å². The van der Waals surface area contributed by atoms with Crippen LogP contribution >= 0.6 is 11.6 Å². The maximum atomic E-state index is 12.9. The zero-order valence-corrected chi connectivity index (χ0v) is 23.8. The van der Waals surface area contributed by atoms with Crippen LogP contribution in [0.2, 0.25) is 0 Å². The summed E-state index contributed by atoms with van der Waals surface area (Å²) in [5.74, 6) is -4.28. The van der Waals surface area contributed by atoms with Crippen LogP contribution in [0.15, 0.2) is 12.2 Å². The van der Waals surface area contributed by atoms with E-state index >= 15 is 0 Å². The van der Waals surface area contributed by atoms with E-state index in [0.717, 1.165) is 12.8 Å². The third kappa shape index (κ3) is 4.33. The maximum Gasteiger partial charge on any atom is 0.312 e.